The first-order valence-electron chi connectivity index (χ1n) is 10.1. The van der Waals surface area contributed by atoms with Gasteiger partial charge in [-0.15, -0.1) is 0 Å². The third-order valence-electron chi connectivity index (χ3n) is 4.90. The lowest BCUT2D eigenvalue weighted by atomic mass is 9.92. The lowest BCUT2D eigenvalue weighted by Gasteiger charge is -2.21. The van der Waals surface area contributed by atoms with E-state index in [4.69, 9.17) is 32.2 Å². The van der Waals surface area contributed by atoms with Crippen LogP contribution >= 0.6 is 30.8 Å². The maximum absolute atomic E-state index is 13.6. The Morgan fingerprint density at radius 2 is 1.40 bits per heavy atom. The van der Waals surface area contributed by atoms with Gasteiger partial charge in [0.2, 0.25) is 0 Å². The highest BCUT2D eigenvalue weighted by Gasteiger charge is 2.33. The quantitative estimate of drug-likeness (QED) is 0.250. The summed E-state index contributed by atoms with van der Waals surface area (Å²) in [6.07, 6.45) is -0.376. The van der Waals surface area contributed by atoms with Crippen molar-refractivity contribution in [2.24, 2.45) is 0 Å². The maximum atomic E-state index is 13.6. The molecule has 10 nitrogen and oxygen atoms in total. The van der Waals surface area contributed by atoms with Crippen molar-refractivity contribution in [3.05, 3.63) is 63.7 Å². The van der Waals surface area contributed by atoms with E-state index in [1.807, 2.05) is 0 Å². The molecule has 0 heterocycles. The van der Waals surface area contributed by atoms with E-state index in [2.05, 4.69) is 0 Å². The number of hydrogen-bond acceptors (Lipinski definition) is 8. The molecule has 2 rings (SSSR count). The number of carbonyl (C=O) groups excluding carboxylic acids is 2. The summed E-state index contributed by atoms with van der Waals surface area (Å²) >= 11 is 11.1. The molecule has 0 aliphatic carbocycles. The second-order valence-corrected chi connectivity index (χ2v) is 9.66. The maximum Gasteiger partial charge on any atom is 0.362 e. The molecule has 0 radical (unpaired) electrons. The van der Waals surface area contributed by atoms with Crippen LogP contribution in [0.3, 0.4) is 0 Å². The van der Waals surface area contributed by atoms with Crippen LogP contribution in [-0.2, 0) is 26.5 Å². The van der Waals surface area contributed by atoms with Gasteiger partial charge in [-0.05, 0) is 84.4 Å². The molecule has 2 aromatic carbocycles. The predicted octanol–water partition coefficient (Wildman–Crippen LogP) is 3.49. The zero-order chi connectivity index (χ0) is 26.3. The summed E-state index contributed by atoms with van der Waals surface area (Å²) in [5.41, 5.74) is -0.617. The van der Waals surface area contributed by atoms with Gasteiger partial charge in [-0.3, -0.25) is 14.2 Å². The first-order valence-corrected chi connectivity index (χ1v) is 12.4. The van der Waals surface area contributed by atoms with E-state index >= 15 is 0 Å². The molecular formula is C22H21Cl2O10P. The van der Waals surface area contributed by atoms with E-state index in [9.17, 15) is 39.1 Å². The number of aromatic carboxylic acids is 2. The van der Waals surface area contributed by atoms with Crippen LogP contribution < -0.4 is 5.30 Å². The van der Waals surface area contributed by atoms with Crippen LogP contribution in [0.15, 0.2) is 30.3 Å². The molecule has 0 fully saturated rings. The van der Waals surface area contributed by atoms with Crippen molar-refractivity contribution in [2.45, 2.75) is 19.8 Å². The van der Waals surface area contributed by atoms with Gasteiger partial charge in [-0.25, -0.2) is 9.59 Å². The van der Waals surface area contributed by atoms with Crippen molar-refractivity contribution in [1.82, 2.24) is 0 Å². The zero-order valence-corrected chi connectivity index (χ0v) is 20.7. The normalized spacial score (nSPS) is 12.7. The molecule has 0 aliphatic heterocycles. The van der Waals surface area contributed by atoms with Crippen LogP contribution in [0.4, 0.5) is 0 Å². The third-order valence-corrected chi connectivity index (χ3v) is 7.40. The molecule has 188 valence electrons. The van der Waals surface area contributed by atoms with Crippen molar-refractivity contribution in [3.8, 4) is 0 Å². The largest absolute Gasteiger partial charge is 0.478 e. The lowest BCUT2D eigenvalue weighted by molar-refractivity contribution is 0.0678. The smallest absolute Gasteiger partial charge is 0.362 e. The summed E-state index contributed by atoms with van der Waals surface area (Å²) in [6.45, 7) is 0.493. The average Bonchev–Trinajstić information content (AvgIpc) is 2.79. The third kappa shape index (κ3) is 6.76. The molecule has 1 atom stereocenters. The average molecular weight is 547 g/mol. The Morgan fingerprint density at radius 3 is 1.86 bits per heavy atom. The molecule has 0 bridgehead atoms. The lowest BCUT2D eigenvalue weighted by Crippen LogP contribution is -2.20. The highest BCUT2D eigenvalue weighted by atomic mass is 35.5. The number of carbonyl (C=O) groups is 4. The van der Waals surface area contributed by atoms with E-state index in [1.165, 1.54) is 13.0 Å². The zero-order valence-electron chi connectivity index (χ0n) is 18.3. The van der Waals surface area contributed by atoms with Crippen LogP contribution in [0.5, 0.6) is 0 Å². The van der Waals surface area contributed by atoms with Gasteiger partial charge in [0, 0.05) is 17.7 Å². The molecule has 13 heteroatoms. The van der Waals surface area contributed by atoms with Crippen LogP contribution in [0.2, 0.25) is 0 Å². The predicted molar refractivity (Wildman–Crippen MR) is 126 cm³/mol. The molecule has 2 aromatic rings. The number of rotatable bonds is 13. The van der Waals surface area contributed by atoms with E-state index in [0.29, 0.717) is 0 Å². The number of benzene rings is 2. The molecular weight excluding hydrogens is 526 g/mol. The summed E-state index contributed by atoms with van der Waals surface area (Å²) in [4.78, 5) is 46.9. The molecule has 0 aliphatic rings. The number of aliphatic hydroxyl groups is 1. The summed E-state index contributed by atoms with van der Waals surface area (Å²) in [7, 11) is -4.30. The minimum absolute atomic E-state index is 0.0628. The molecule has 0 aromatic heterocycles. The summed E-state index contributed by atoms with van der Waals surface area (Å²) < 4.78 is 24.5. The molecule has 35 heavy (non-hydrogen) atoms. The van der Waals surface area contributed by atoms with Gasteiger partial charge >= 0.3 is 19.5 Å². The van der Waals surface area contributed by atoms with Gasteiger partial charge in [0.05, 0.1) is 29.6 Å². The second-order valence-electron chi connectivity index (χ2n) is 6.98. The SMILES string of the molecule is CCOP(=O)(OCCc1c(C(=O)O)ccc(C(=O)O)c1CCO)c1cc(C(=O)Cl)ccc1C(=O)Cl. The number of carboxylic acids is 2. The fourth-order valence-corrected chi connectivity index (χ4v) is 5.58. The fourth-order valence-electron chi connectivity index (χ4n) is 3.44. The highest BCUT2D eigenvalue weighted by molar-refractivity contribution is 7.62. The minimum Gasteiger partial charge on any atom is -0.478 e. The summed E-state index contributed by atoms with van der Waals surface area (Å²) in [5, 5.41) is 26.2. The standard InChI is InChI=1S/C22H21Cl2O10P/c1-2-33-35(32,18-11-12(19(23)26)3-4-17(18)20(24)27)34-10-8-14-13(7-9-25)15(21(28)29)5-6-16(14)22(30)31/h3-6,11,25H,2,7-10H2,1H3,(H,28,29)(H,30,31). The van der Waals surface area contributed by atoms with Crippen LogP contribution in [-0.4, -0.2) is 57.6 Å². The first-order chi connectivity index (χ1) is 16.5. The second kappa shape index (κ2) is 12.4. The molecule has 0 spiro atoms. The minimum atomic E-state index is -4.30. The van der Waals surface area contributed by atoms with Gasteiger partial charge in [0.25, 0.3) is 10.5 Å². The Bertz CT molecular complexity index is 1210. The molecule has 1 unspecified atom stereocenters. The van der Waals surface area contributed by atoms with Crippen LogP contribution in [0, 0.1) is 0 Å². The van der Waals surface area contributed by atoms with Crippen molar-refractivity contribution in [3.63, 3.8) is 0 Å². The fraction of sp³-hybridized carbons (Fsp3) is 0.273. The molecule has 3 N–H and O–H groups in total. The van der Waals surface area contributed by atoms with E-state index < -0.39 is 43.2 Å². The highest BCUT2D eigenvalue weighted by Crippen LogP contribution is 2.48. The van der Waals surface area contributed by atoms with Crippen molar-refractivity contribution in [2.75, 3.05) is 19.8 Å². The number of aliphatic hydroxyl groups excluding tert-OH is 1. The van der Waals surface area contributed by atoms with E-state index in [-0.39, 0.29) is 58.1 Å². The van der Waals surface area contributed by atoms with Crippen LogP contribution in [0.25, 0.3) is 0 Å². The number of hydrogen-bond donors (Lipinski definition) is 3. The molecule has 0 amide bonds. The van der Waals surface area contributed by atoms with Crippen molar-refractivity contribution < 1.29 is 48.1 Å². The monoisotopic (exact) mass is 546 g/mol. The van der Waals surface area contributed by atoms with Crippen molar-refractivity contribution >= 4 is 58.5 Å². The topological polar surface area (TPSA) is 164 Å². The van der Waals surface area contributed by atoms with Gasteiger partial charge < -0.3 is 24.4 Å². The molecule has 0 saturated carbocycles. The van der Waals surface area contributed by atoms with E-state index in [0.717, 1.165) is 24.3 Å². The van der Waals surface area contributed by atoms with Gasteiger partial charge in [-0.2, -0.15) is 0 Å². The first kappa shape index (κ1) is 28.6. The number of halogens is 2. The molecule has 0 saturated heterocycles. The Morgan fingerprint density at radius 1 is 0.857 bits per heavy atom. The summed E-state index contributed by atoms with van der Waals surface area (Å²) in [6, 6.07) is 5.66. The van der Waals surface area contributed by atoms with Gasteiger partial charge in [0.1, 0.15) is 0 Å². The Hall–Kier alpha value is -2.59. The van der Waals surface area contributed by atoms with Gasteiger partial charge in [0.15, 0.2) is 0 Å². The Balaban J connectivity index is 2.52. The Kier molecular flexibility index (Phi) is 10.1. The Labute approximate surface area is 209 Å². The number of carboxylic acid groups (broad SMARTS) is 2. The summed E-state index contributed by atoms with van der Waals surface area (Å²) in [5.74, 6) is -2.66. The van der Waals surface area contributed by atoms with E-state index in [1.54, 1.807) is 0 Å². The van der Waals surface area contributed by atoms with Gasteiger partial charge in [-0.1, -0.05) is 0 Å². The van der Waals surface area contributed by atoms with Crippen molar-refractivity contribution in [1.29, 1.82) is 0 Å². The van der Waals surface area contributed by atoms with Crippen LogP contribution in [0.1, 0.15) is 59.5 Å².